The molecule has 0 aliphatic rings. The van der Waals surface area contributed by atoms with Crippen molar-refractivity contribution in [1.82, 2.24) is 10.7 Å². The van der Waals surface area contributed by atoms with Crippen LogP contribution in [0.3, 0.4) is 0 Å². The minimum atomic E-state index is -0.556. The maximum Gasteiger partial charge on any atom is 0.281 e. The molecule has 2 aromatic carbocycles. The lowest BCUT2D eigenvalue weighted by Crippen LogP contribution is -2.40. The topological polar surface area (TPSA) is 84.2 Å². The number of thiophene rings is 1. The predicted octanol–water partition coefficient (Wildman–Crippen LogP) is 3.42. The molecule has 28 heavy (non-hydrogen) atoms. The van der Waals surface area contributed by atoms with Crippen LogP contribution < -0.4 is 16.6 Å². The summed E-state index contributed by atoms with van der Waals surface area (Å²) in [6.45, 7) is 1.79. The molecule has 0 saturated carbocycles. The van der Waals surface area contributed by atoms with E-state index in [9.17, 15) is 9.59 Å². The number of nitrogens with one attached hydrogen (secondary N) is 2. The fourth-order valence-electron chi connectivity index (χ4n) is 2.99. The highest BCUT2D eigenvalue weighted by atomic mass is 32.1. The second-order valence-electron chi connectivity index (χ2n) is 6.19. The first-order valence-electron chi connectivity index (χ1n) is 8.78. The summed E-state index contributed by atoms with van der Waals surface area (Å²) in [6, 6.07) is 22.7. The van der Waals surface area contributed by atoms with Crippen LogP contribution in [0, 0.1) is 0 Å². The largest absolute Gasteiger partial charge is 0.320 e. The van der Waals surface area contributed by atoms with Crippen molar-refractivity contribution in [3.63, 3.8) is 0 Å². The second kappa shape index (κ2) is 9.12. The summed E-state index contributed by atoms with van der Waals surface area (Å²) >= 11 is 1.49. The molecule has 0 atom stereocenters. The predicted molar refractivity (Wildman–Crippen MR) is 112 cm³/mol. The summed E-state index contributed by atoms with van der Waals surface area (Å²) in [5.41, 5.74) is 4.61. The van der Waals surface area contributed by atoms with Crippen LogP contribution >= 0.6 is 11.3 Å². The van der Waals surface area contributed by atoms with Crippen LogP contribution in [0.25, 0.3) is 5.57 Å². The number of carbonyl (C=O) groups excluding carboxylic acids is 2. The van der Waals surface area contributed by atoms with Gasteiger partial charge in [-0.15, -0.1) is 11.3 Å². The number of nitrogens with two attached hydrogens (primary N) is 1. The van der Waals surface area contributed by atoms with E-state index in [1.54, 1.807) is 6.92 Å². The molecule has 142 valence electrons. The molecule has 4 N–H and O–H groups in total. The number of carbonyl (C=O) groups is 2. The molecular formula is C22H21N3O2S. The second-order valence-corrected chi connectivity index (χ2v) is 7.14. The van der Waals surface area contributed by atoms with E-state index in [1.165, 1.54) is 11.3 Å². The Bertz CT molecular complexity index is 928. The average molecular weight is 391 g/mol. The van der Waals surface area contributed by atoms with Gasteiger partial charge in [-0.25, -0.2) is 5.84 Å². The molecule has 0 bridgehead atoms. The summed E-state index contributed by atoms with van der Waals surface area (Å²) in [7, 11) is 0. The van der Waals surface area contributed by atoms with Gasteiger partial charge in [0.1, 0.15) is 5.70 Å². The lowest BCUT2D eigenvalue weighted by atomic mass is 9.90. The fraction of sp³-hybridized carbons (Fsp3) is 0.0909. The molecule has 3 rings (SSSR count). The molecule has 1 aromatic heterocycles. The Morgan fingerprint density at radius 1 is 0.893 bits per heavy atom. The molecule has 5 nitrogen and oxygen atoms in total. The van der Waals surface area contributed by atoms with Gasteiger partial charge in [-0.2, -0.15) is 0 Å². The Hall–Kier alpha value is -3.22. The Kier molecular flexibility index (Phi) is 6.37. The number of hydrogen-bond donors (Lipinski definition) is 3. The molecule has 2 amide bonds. The highest BCUT2D eigenvalue weighted by Gasteiger charge is 2.26. The van der Waals surface area contributed by atoms with Crippen molar-refractivity contribution in [3.05, 3.63) is 99.9 Å². The molecule has 0 spiro atoms. The van der Waals surface area contributed by atoms with Gasteiger partial charge in [-0.3, -0.25) is 15.0 Å². The van der Waals surface area contributed by atoms with Crippen LogP contribution in [0.4, 0.5) is 0 Å². The number of rotatable bonds is 6. The molecule has 0 aliphatic heterocycles. The smallest absolute Gasteiger partial charge is 0.281 e. The average Bonchev–Trinajstić information content (AvgIpc) is 3.28. The molecule has 3 aromatic rings. The number of hydrogen-bond acceptors (Lipinski definition) is 4. The summed E-state index contributed by atoms with van der Waals surface area (Å²) in [6.07, 6.45) is 0. The van der Waals surface area contributed by atoms with Gasteiger partial charge in [0.05, 0.1) is 5.92 Å². The molecule has 0 unspecified atom stereocenters. The molecule has 6 heteroatoms. The third-order valence-electron chi connectivity index (χ3n) is 4.40. The zero-order valence-corrected chi connectivity index (χ0v) is 16.2. The van der Waals surface area contributed by atoms with Crippen molar-refractivity contribution in [2.45, 2.75) is 12.8 Å². The van der Waals surface area contributed by atoms with Gasteiger partial charge in [0, 0.05) is 4.88 Å². The Balaban J connectivity index is 2.00. The molecule has 1 heterocycles. The summed E-state index contributed by atoms with van der Waals surface area (Å²) in [5.74, 6) is 3.96. The highest BCUT2D eigenvalue weighted by Crippen LogP contribution is 2.27. The van der Waals surface area contributed by atoms with Crippen molar-refractivity contribution in [2.75, 3.05) is 0 Å². The normalized spacial score (nSPS) is 11.7. The molecule has 0 radical (unpaired) electrons. The highest BCUT2D eigenvalue weighted by molar-refractivity contribution is 7.11. The van der Waals surface area contributed by atoms with E-state index in [0.29, 0.717) is 5.57 Å². The van der Waals surface area contributed by atoms with Crippen LogP contribution in [0.5, 0.6) is 0 Å². The minimum absolute atomic E-state index is 0.145. The van der Waals surface area contributed by atoms with Crippen LogP contribution in [0.2, 0.25) is 0 Å². The SMILES string of the molecule is C/C(=C(/NC(=O)C(c1ccccc1)c1ccccc1)C(=O)NN)c1cccs1. The maximum absolute atomic E-state index is 13.3. The first-order valence-corrected chi connectivity index (χ1v) is 9.66. The van der Waals surface area contributed by atoms with Crippen LogP contribution in [-0.4, -0.2) is 11.8 Å². The van der Waals surface area contributed by atoms with Crippen molar-refractivity contribution in [1.29, 1.82) is 0 Å². The Labute approximate surface area is 167 Å². The van der Waals surface area contributed by atoms with Crippen LogP contribution in [-0.2, 0) is 9.59 Å². The van der Waals surface area contributed by atoms with E-state index >= 15 is 0 Å². The van der Waals surface area contributed by atoms with Gasteiger partial charge in [-0.05, 0) is 35.1 Å². The minimum Gasteiger partial charge on any atom is -0.320 e. The number of amides is 2. The first-order chi connectivity index (χ1) is 13.6. The summed E-state index contributed by atoms with van der Waals surface area (Å²) in [5, 5.41) is 4.72. The van der Waals surface area contributed by atoms with Crippen molar-refractivity contribution in [2.24, 2.45) is 5.84 Å². The van der Waals surface area contributed by atoms with E-state index in [4.69, 9.17) is 5.84 Å². The van der Waals surface area contributed by atoms with E-state index in [2.05, 4.69) is 10.7 Å². The van der Waals surface area contributed by atoms with Crippen LogP contribution in [0.1, 0.15) is 28.8 Å². The zero-order chi connectivity index (χ0) is 19.9. The number of benzene rings is 2. The van der Waals surface area contributed by atoms with Gasteiger partial charge in [0.25, 0.3) is 5.91 Å². The van der Waals surface area contributed by atoms with E-state index in [-0.39, 0.29) is 11.6 Å². The van der Waals surface area contributed by atoms with Gasteiger partial charge < -0.3 is 5.32 Å². The third kappa shape index (κ3) is 4.36. The van der Waals surface area contributed by atoms with Gasteiger partial charge in [0.15, 0.2) is 0 Å². The Morgan fingerprint density at radius 2 is 1.46 bits per heavy atom. The molecule has 0 fully saturated rings. The first kappa shape index (κ1) is 19.5. The third-order valence-corrected chi connectivity index (χ3v) is 5.39. The molecular weight excluding hydrogens is 370 g/mol. The van der Waals surface area contributed by atoms with E-state index in [0.717, 1.165) is 16.0 Å². The van der Waals surface area contributed by atoms with Crippen LogP contribution in [0.15, 0.2) is 83.9 Å². The Morgan fingerprint density at radius 3 is 1.93 bits per heavy atom. The lowest BCUT2D eigenvalue weighted by Gasteiger charge is -2.20. The zero-order valence-electron chi connectivity index (χ0n) is 15.4. The van der Waals surface area contributed by atoms with Gasteiger partial charge >= 0.3 is 0 Å². The molecule has 0 aliphatic carbocycles. The fourth-order valence-corrected chi connectivity index (χ4v) is 3.73. The van der Waals surface area contributed by atoms with Gasteiger partial charge in [-0.1, -0.05) is 66.7 Å². The quantitative estimate of drug-likeness (QED) is 0.261. The maximum atomic E-state index is 13.3. The standard InChI is InChI=1S/C22H21N3O2S/c1-15(18-13-8-14-28-18)20(22(27)25-23)24-21(26)19(16-9-4-2-5-10-16)17-11-6-3-7-12-17/h2-14,19H,23H2,1H3,(H,24,26)(H,25,27)/b20-15-. The van der Waals surface area contributed by atoms with E-state index < -0.39 is 11.8 Å². The molecule has 0 saturated heterocycles. The number of hydrazine groups is 1. The summed E-state index contributed by atoms with van der Waals surface area (Å²) in [4.78, 5) is 26.5. The van der Waals surface area contributed by atoms with Crippen molar-refractivity contribution >= 4 is 28.7 Å². The van der Waals surface area contributed by atoms with Crippen molar-refractivity contribution < 1.29 is 9.59 Å². The lowest BCUT2D eigenvalue weighted by molar-refractivity contribution is -0.124. The van der Waals surface area contributed by atoms with E-state index in [1.807, 2.05) is 78.2 Å². The summed E-state index contributed by atoms with van der Waals surface area (Å²) < 4.78 is 0. The monoisotopic (exact) mass is 391 g/mol. The van der Waals surface area contributed by atoms with Gasteiger partial charge in [0.2, 0.25) is 5.91 Å². The number of allylic oxidation sites excluding steroid dienone is 1. The van der Waals surface area contributed by atoms with Crippen molar-refractivity contribution in [3.8, 4) is 0 Å².